The second kappa shape index (κ2) is 5.07. The van der Waals surface area contributed by atoms with Crippen LogP contribution in [-0.4, -0.2) is 16.2 Å². The number of benzene rings is 1. The molecule has 0 spiro atoms. The Morgan fingerprint density at radius 1 is 1.11 bits per heavy atom. The number of rotatable bonds is 1. The largest absolute Gasteiger partial charge is 0.393 e. The molecule has 1 N–H and O–H groups in total. The van der Waals surface area contributed by atoms with Crippen LogP contribution in [0.5, 0.6) is 0 Å². The third-order valence-electron chi connectivity index (χ3n) is 4.05. The highest BCUT2D eigenvalue weighted by molar-refractivity contribution is 5.85. The zero-order valence-corrected chi connectivity index (χ0v) is 10.5. The molecule has 2 unspecified atom stereocenters. The molecule has 1 fully saturated rings. The molecule has 18 heavy (non-hydrogen) atoms. The first-order valence-corrected chi connectivity index (χ1v) is 6.85. The van der Waals surface area contributed by atoms with Crippen molar-refractivity contribution in [2.24, 2.45) is 0 Å². The third kappa shape index (κ3) is 2.25. The Bertz CT molecular complexity index is 532. The van der Waals surface area contributed by atoms with Gasteiger partial charge in [0, 0.05) is 17.8 Å². The van der Waals surface area contributed by atoms with Crippen molar-refractivity contribution in [3.63, 3.8) is 0 Å². The highest BCUT2D eigenvalue weighted by Gasteiger charge is 2.21. The van der Waals surface area contributed by atoms with Crippen molar-refractivity contribution in [3.05, 3.63) is 42.2 Å². The summed E-state index contributed by atoms with van der Waals surface area (Å²) in [6.07, 6.45) is 9.09. The molecule has 1 aliphatic rings. The topological polar surface area (TPSA) is 33.1 Å². The van der Waals surface area contributed by atoms with E-state index in [1.807, 2.05) is 12.4 Å². The van der Waals surface area contributed by atoms with Crippen LogP contribution in [0.25, 0.3) is 10.8 Å². The average molecular weight is 241 g/mol. The number of aromatic nitrogens is 1. The van der Waals surface area contributed by atoms with Gasteiger partial charge in [-0.05, 0) is 42.2 Å². The van der Waals surface area contributed by atoms with Crippen molar-refractivity contribution in [2.45, 2.75) is 44.1 Å². The summed E-state index contributed by atoms with van der Waals surface area (Å²) in [6, 6.07) is 8.53. The smallest absolute Gasteiger partial charge is 0.0546 e. The summed E-state index contributed by atoms with van der Waals surface area (Å²) in [5.74, 6) is 0.494. The van der Waals surface area contributed by atoms with E-state index in [-0.39, 0.29) is 6.10 Å². The van der Waals surface area contributed by atoms with Crippen molar-refractivity contribution in [2.75, 3.05) is 0 Å². The van der Waals surface area contributed by atoms with Crippen molar-refractivity contribution < 1.29 is 5.11 Å². The van der Waals surface area contributed by atoms with E-state index in [0.29, 0.717) is 5.92 Å². The van der Waals surface area contributed by atoms with Crippen LogP contribution in [0.1, 0.15) is 43.6 Å². The van der Waals surface area contributed by atoms with Gasteiger partial charge in [-0.15, -0.1) is 0 Å². The summed E-state index contributed by atoms with van der Waals surface area (Å²) >= 11 is 0. The van der Waals surface area contributed by atoms with Gasteiger partial charge in [-0.2, -0.15) is 0 Å². The summed E-state index contributed by atoms with van der Waals surface area (Å²) in [5, 5.41) is 12.5. The van der Waals surface area contributed by atoms with Gasteiger partial charge in [0.25, 0.3) is 0 Å². The predicted octanol–water partition coefficient (Wildman–Crippen LogP) is 3.64. The van der Waals surface area contributed by atoms with Crippen molar-refractivity contribution in [3.8, 4) is 0 Å². The van der Waals surface area contributed by atoms with Gasteiger partial charge in [0.1, 0.15) is 0 Å². The highest BCUT2D eigenvalue weighted by atomic mass is 16.3. The van der Waals surface area contributed by atoms with Crippen LogP contribution < -0.4 is 0 Å². The summed E-state index contributed by atoms with van der Waals surface area (Å²) in [7, 11) is 0. The molecule has 1 aliphatic carbocycles. The number of aliphatic hydroxyl groups is 1. The molecular weight excluding hydrogens is 222 g/mol. The molecule has 1 saturated carbocycles. The molecule has 3 rings (SSSR count). The Morgan fingerprint density at radius 3 is 2.94 bits per heavy atom. The molecule has 2 atom stereocenters. The van der Waals surface area contributed by atoms with Crippen molar-refractivity contribution >= 4 is 10.8 Å². The number of pyridine rings is 1. The van der Waals surface area contributed by atoms with Gasteiger partial charge in [-0.3, -0.25) is 4.98 Å². The van der Waals surface area contributed by atoms with Gasteiger partial charge in [-0.25, -0.2) is 0 Å². The maximum absolute atomic E-state index is 9.98. The normalized spacial score (nSPS) is 24.9. The zero-order valence-electron chi connectivity index (χ0n) is 10.5. The molecule has 2 aromatic rings. The predicted molar refractivity (Wildman–Crippen MR) is 73.6 cm³/mol. The van der Waals surface area contributed by atoms with Crippen LogP contribution in [0, 0.1) is 0 Å². The average Bonchev–Trinajstić information content (AvgIpc) is 2.63. The Labute approximate surface area is 108 Å². The summed E-state index contributed by atoms with van der Waals surface area (Å²) in [6.45, 7) is 0. The minimum absolute atomic E-state index is 0.130. The lowest BCUT2D eigenvalue weighted by atomic mass is 9.88. The maximum Gasteiger partial charge on any atom is 0.0546 e. The van der Waals surface area contributed by atoms with Gasteiger partial charge in [-0.1, -0.05) is 31.0 Å². The van der Waals surface area contributed by atoms with Gasteiger partial charge in [0.15, 0.2) is 0 Å². The van der Waals surface area contributed by atoms with Crippen LogP contribution in [0.15, 0.2) is 36.7 Å². The monoisotopic (exact) mass is 241 g/mol. The highest BCUT2D eigenvalue weighted by Crippen LogP contribution is 2.35. The molecule has 0 saturated heterocycles. The second-order valence-corrected chi connectivity index (χ2v) is 5.31. The van der Waals surface area contributed by atoms with Crippen LogP contribution in [-0.2, 0) is 0 Å². The molecule has 2 nitrogen and oxygen atoms in total. The minimum Gasteiger partial charge on any atom is -0.393 e. The minimum atomic E-state index is -0.130. The van der Waals surface area contributed by atoms with Crippen molar-refractivity contribution in [1.29, 1.82) is 0 Å². The standard InChI is InChI=1S/C16H19NO/c18-14-6-2-1-4-12(10-14)15-7-3-5-13-11-17-9-8-16(13)15/h3,5,7-9,11-12,14,18H,1-2,4,6,10H2. The number of aliphatic hydroxyl groups excluding tert-OH is 1. The lowest BCUT2D eigenvalue weighted by molar-refractivity contribution is 0.152. The molecule has 1 heterocycles. The molecule has 0 radical (unpaired) electrons. The Hall–Kier alpha value is -1.41. The fraction of sp³-hybridized carbons (Fsp3) is 0.438. The van der Waals surface area contributed by atoms with E-state index in [2.05, 4.69) is 29.2 Å². The van der Waals surface area contributed by atoms with E-state index in [0.717, 1.165) is 19.3 Å². The molecule has 0 amide bonds. The maximum atomic E-state index is 9.98. The number of nitrogens with zero attached hydrogens (tertiary/aromatic N) is 1. The molecule has 0 aliphatic heterocycles. The molecule has 1 aromatic heterocycles. The zero-order chi connectivity index (χ0) is 12.4. The number of fused-ring (bicyclic) bond motifs is 1. The number of hydrogen-bond acceptors (Lipinski definition) is 2. The Balaban J connectivity index is 2.02. The molecule has 1 aromatic carbocycles. The second-order valence-electron chi connectivity index (χ2n) is 5.31. The lowest BCUT2D eigenvalue weighted by Crippen LogP contribution is -2.09. The molecule has 0 bridgehead atoms. The Morgan fingerprint density at radius 2 is 2.00 bits per heavy atom. The summed E-state index contributed by atoms with van der Waals surface area (Å²) < 4.78 is 0. The quantitative estimate of drug-likeness (QED) is 0.773. The van der Waals surface area contributed by atoms with Crippen molar-refractivity contribution in [1.82, 2.24) is 4.98 Å². The molecule has 2 heteroatoms. The first-order valence-electron chi connectivity index (χ1n) is 6.85. The first-order chi connectivity index (χ1) is 8.84. The van der Waals surface area contributed by atoms with E-state index >= 15 is 0 Å². The van der Waals surface area contributed by atoms with Gasteiger partial charge >= 0.3 is 0 Å². The fourth-order valence-electron chi connectivity index (χ4n) is 3.12. The van der Waals surface area contributed by atoms with Gasteiger partial charge < -0.3 is 5.11 Å². The van der Waals surface area contributed by atoms with E-state index < -0.39 is 0 Å². The van der Waals surface area contributed by atoms with Gasteiger partial charge in [0.2, 0.25) is 0 Å². The van der Waals surface area contributed by atoms with E-state index in [1.165, 1.54) is 29.2 Å². The lowest BCUT2D eigenvalue weighted by Gasteiger charge is -2.18. The Kier molecular flexibility index (Phi) is 3.28. The fourth-order valence-corrected chi connectivity index (χ4v) is 3.12. The third-order valence-corrected chi connectivity index (χ3v) is 4.05. The van der Waals surface area contributed by atoms with Crippen LogP contribution in [0.4, 0.5) is 0 Å². The SMILES string of the molecule is OC1CCCCC(c2cccc3cnccc23)C1. The van der Waals surface area contributed by atoms with E-state index in [1.54, 1.807) is 0 Å². The summed E-state index contributed by atoms with van der Waals surface area (Å²) in [5.41, 5.74) is 1.39. The summed E-state index contributed by atoms with van der Waals surface area (Å²) in [4.78, 5) is 4.18. The van der Waals surface area contributed by atoms with E-state index in [4.69, 9.17) is 0 Å². The van der Waals surface area contributed by atoms with Crippen LogP contribution in [0.2, 0.25) is 0 Å². The van der Waals surface area contributed by atoms with Crippen LogP contribution >= 0.6 is 0 Å². The van der Waals surface area contributed by atoms with E-state index in [9.17, 15) is 5.11 Å². The van der Waals surface area contributed by atoms with Gasteiger partial charge in [0.05, 0.1) is 6.10 Å². The molecular formula is C16H19NO. The number of hydrogen-bond donors (Lipinski definition) is 1. The first kappa shape index (κ1) is 11.7. The molecule has 94 valence electrons. The van der Waals surface area contributed by atoms with Crippen LogP contribution in [0.3, 0.4) is 0 Å².